The molecule has 1 amide bonds. The third-order valence-electron chi connectivity index (χ3n) is 3.36. The largest absolute Gasteiger partial charge is 0.320 e. The average Bonchev–Trinajstić information content (AvgIpc) is 2.61. The Hall–Kier alpha value is -1.35. The quantitative estimate of drug-likeness (QED) is 0.784. The predicted molar refractivity (Wildman–Crippen MR) is 70.4 cm³/mol. The van der Waals surface area contributed by atoms with Crippen LogP contribution in [0.1, 0.15) is 24.0 Å². The van der Waals surface area contributed by atoms with Crippen LogP contribution in [0.5, 0.6) is 0 Å². The Kier molecular flexibility index (Phi) is 3.79. The maximum absolute atomic E-state index is 11.6. The number of aryl methyl sites for hydroxylation is 1. The molecule has 92 valence electrons. The molecule has 1 aliphatic heterocycles. The molecule has 3 nitrogen and oxygen atoms in total. The molecule has 0 atom stereocenters. The summed E-state index contributed by atoms with van der Waals surface area (Å²) in [5.74, 6) is 0.201. The van der Waals surface area contributed by atoms with Crippen molar-refractivity contribution in [2.75, 3.05) is 25.5 Å². The summed E-state index contributed by atoms with van der Waals surface area (Å²) in [5.41, 5.74) is 3.61. The van der Waals surface area contributed by atoms with Gasteiger partial charge in [0.25, 0.3) is 0 Å². The van der Waals surface area contributed by atoms with Crippen LogP contribution in [0.2, 0.25) is 0 Å². The molecule has 0 fully saturated rings. The monoisotopic (exact) mass is 232 g/mol. The van der Waals surface area contributed by atoms with E-state index in [0.29, 0.717) is 6.42 Å². The molecular formula is C14H20N2O. The van der Waals surface area contributed by atoms with E-state index >= 15 is 0 Å². The normalized spacial score (nSPS) is 14.2. The molecule has 0 aliphatic carbocycles. The smallest absolute Gasteiger partial charge is 0.231 e. The van der Waals surface area contributed by atoms with Gasteiger partial charge in [-0.15, -0.1) is 0 Å². The number of hydrogen-bond acceptors (Lipinski definition) is 2. The lowest BCUT2D eigenvalue weighted by Crippen LogP contribution is -2.20. The van der Waals surface area contributed by atoms with Crippen molar-refractivity contribution >= 4 is 11.6 Å². The number of carbonyl (C=O) groups is 1. The fraction of sp³-hybridized carbons (Fsp3) is 0.500. The van der Waals surface area contributed by atoms with E-state index in [-0.39, 0.29) is 5.91 Å². The van der Waals surface area contributed by atoms with E-state index in [4.69, 9.17) is 0 Å². The van der Waals surface area contributed by atoms with E-state index in [1.54, 1.807) is 4.90 Å². The fourth-order valence-electron chi connectivity index (χ4n) is 2.31. The number of anilines is 1. The highest BCUT2D eigenvalue weighted by Crippen LogP contribution is 2.28. The van der Waals surface area contributed by atoms with E-state index < -0.39 is 0 Å². The van der Waals surface area contributed by atoms with Crippen LogP contribution < -0.4 is 10.2 Å². The van der Waals surface area contributed by atoms with Crippen molar-refractivity contribution in [2.24, 2.45) is 0 Å². The Balaban J connectivity index is 1.98. The SMILES string of the molecule is CNCCCCc1ccc2c(c1)CC(=O)N2C. The van der Waals surface area contributed by atoms with E-state index in [2.05, 4.69) is 23.5 Å². The molecule has 0 spiro atoms. The van der Waals surface area contributed by atoms with Gasteiger partial charge in [0.1, 0.15) is 0 Å². The van der Waals surface area contributed by atoms with Crippen molar-refractivity contribution < 1.29 is 4.79 Å². The summed E-state index contributed by atoms with van der Waals surface area (Å²) in [4.78, 5) is 13.3. The van der Waals surface area contributed by atoms with E-state index in [9.17, 15) is 4.79 Å². The lowest BCUT2D eigenvalue weighted by molar-refractivity contribution is -0.117. The van der Waals surface area contributed by atoms with Crippen LogP contribution >= 0.6 is 0 Å². The van der Waals surface area contributed by atoms with Crippen LogP contribution in [0, 0.1) is 0 Å². The zero-order valence-electron chi connectivity index (χ0n) is 10.6. The topological polar surface area (TPSA) is 32.3 Å². The van der Waals surface area contributed by atoms with Crippen molar-refractivity contribution in [3.8, 4) is 0 Å². The highest BCUT2D eigenvalue weighted by molar-refractivity contribution is 6.00. The number of nitrogens with one attached hydrogen (secondary N) is 1. The molecule has 0 aromatic heterocycles. The fourth-order valence-corrected chi connectivity index (χ4v) is 2.31. The van der Waals surface area contributed by atoms with Crippen LogP contribution in [0.3, 0.4) is 0 Å². The first-order valence-electron chi connectivity index (χ1n) is 6.25. The second-order valence-electron chi connectivity index (χ2n) is 4.65. The standard InChI is InChI=1S/C14H20N2O/c1-15-8-4-3-5-11-6-7-13-12(9-11)10-14(17)16(13)2/h6-7,9,15H,3-5,8,10H2,1-2H3. The highest BCUT2D eigenvalue weighted by atomic mass is 16.2. The van der Waals surface area contributed by atoms with Gasteiger partial charge in [-0.3, -0.25) is 4.79 Å². The Labute approximate surface area is 103 Å². The van der Waals surface area contributed by atoms with Crippen molar-refractivity contribution in [1.82, 2.24) is 5.32 Å². The Morgan fingerprint density at radius 3 is 2.94 bits per heavy atom. The van der Waals surface area contributed by atoms with Gasteiger partial charge in [-0.25, -0.2) is 0 Å². The summed E-state index contributed by atoms with van der Waals surface area (Å²) in [7, 11) is 3.83. The second-order valence-corrected chi connectivity index (χ2v) is 4.65. The van der Waals surface area contributed by atoms with E-state index in [1.165, 1.54) is 24.0 Å². The molecule has 1 N–H and O–H groups in total. The summed E-state index contributed by atoms with van der Waals surface area (Å²) >= 11 is 0. The van der Waals surface area contributed by atoms with Gasteiger partial charge < -0.3 is 10.2 Å². The summed E-state index contributed by atoms with van der Waals surface area (Å²) in [5, 5.41) is 3.16. The Morgan fingerprint density at radius 1 is 1.35 bits per heavy atom. The van der Waals surface area contributed by atoms with Crippen LogP contribution in [-0.4, -0.2) is 26.5 Å². The first-order valence-corrected chi connectivity index (χ1v) is 6.25. The third-order valence-corrected chi connectivity index (χ3v) is 3.36. The molecule has 0 radical (unpaired) electrons. The minimum absolute atomic E-state index is 0.201. The molecule has 0 unspecified atom stereocenters. The minimum Gasteiger partial charge on any atom is -0.320 e. The van der Waals surface area contributed by atoms with Crippen molar-refractivity contribution in [1.29, 1.82) is 0 Å². The predicted octanol–water partition coefficient (Wildman–Crippen LogP) is 1.75. The van der Waals surface area contributed by atoms with Gasteiger partial charge in [-0.1, -0.05) is 12.1 Å². The molecule has 1 heterocycles. The second kappa shape index (κ2) is 5.32. The Morgan fingerprint density at radius 2 is 2.18 bits per heavy atom. The zero-order chi connectivity index (χ0) is 12.3. The molecule has 3 heteroatoms. The average molecular weight is 232 g/mol. The van der Waals surface area contributed by atoms with Gasteiger partial charge in [0.05, 0.1) is 6.42 Å². The van der Waals surface area contributed by atoms with Crippen LogP contribution in [0.15, 0.2) is 18.2 Å². The number of rotatable bonds is 5. The summed E-state index contributed by atoms with van der Waals surface area (Å²) in [6.45, 7) is 1.08. The third kappa shape index (κ3) is 2.67. The molecule has 17 heavy (non-hydrogen) atoms. The number of fused-ring (bicyclic) bond motifs is 1. The van der Waals surface area contributed by atoms with Gasteiger partial charge in [-0.2, -0.15) is 0 Å². The van der Waals surface area contributed by atoms with Gasteiger partial charge >= 0.3 is 0 Å². The van der Waals surface area contributed by atoms with Gasteiger partial charge in [-0.05, 0) is 50.0 Å². The first kappa shape index (κ1) is 12.1. The number of likely N-dealkylation sites (N-methyl/N-ethyl adjacent to an activating group) is 1. The van der Waals surface area contributed by atoms with E-state index in [1.807, 2.05) is 14.1 Å². The number of nitrogens with zero attached hydrogens (tertiary/aromatic N) is 1. The van der Waals surface area contributed by atoms with Crippen molar-refractivity contribution in [3.05, 3.63) is 29.3 Å². The molecule has 1 aromatic rings. The van der Waals surface area contributed by atoms with Crippen LogP contribution in [0.4, 0.5) is 5.69 Å². The number of hydrogen-bond donors (Lipinski definition) is 1. The minimum atomic E-state index is 0.201. The Bertz CT molecular complexity index is 415. The summed E-state index contributed by atoms with van der Waals surface area (Å²) < 4.78 is 0. The number of benzene rings is 1. The van der Waals surface area contributed by atoms with E-state index in [0.717, 1.165) is 18.7 Å². The van der Waals surface area contributed by atoms with Gasteiger partial charge in [0, 0.05) is 12.7 Å². The maximum atomic E-state index is 11.6. The molecule has 2 rings (SSSR count). The zero-order valence-corrected chi connectivity index (χ0v) is 10.6. The van der Waals surface area contributed by atoms with Gasteiger partial charge in [0.2, 0.25) is 5.91 Å². The molecule has 1 aromatic carbocycles. The van der Waals surface area contributed by atoms with Gasteiger partial charge in [0.15, 0.2) is 0 Å². The van der Waals surface area contributed by atoms with Crippen LogP contribution in [0.25, 0.3) is 0 Å². The highest BCUT2D eigenvalue weighted by Gasteiger charge is 2.23. The number of carbonyl (C=O) groups excluding carboxylic acids is 1. The molecule has 0 saturated carbocycles. The molecule has 0 saturated heterocycles. The number of unbranched alkanes of at least 4 members (excludes halogenated alkanes) is 1. The maximum Gasteiger partial charge on any atom is 0.231 e. The lowest BCUT2D eigenvalue weighted by Gasteiger charge is -2.10. The van der Waals surface area contributed by atoms with Crippen molar-refractivity contribution in [2.45, 2.75) is 25.7 Å². The summed E-state index contributed by atoms with van der Waals surface area (Å²) in [6, 6.07) is 6.41. The van der Waals surface area contributed by atoms with Crippen LogP contribution in [-0.2, 0) is 17.6 Å². The lowest BCUT2D eigenvalue weighted by atomic mass is 10.0. The molecular weight excluding hydrogens is 212 g/mol. The van der Waals surface area contributed by atoms with Crippen molar-refractivity contribution in [3.63, 3.8) is 0 Å². The summed E-state index contributed by atoms with van der Waals surface area (Å²) in [6.07, 6.45) is 4.07. The number of amides is 1. The molecule has 0 bridgehead atoms. The molecule has 1 aliphatic rings. The first-order chi connectivity index (χ1) is 8.22.